The number of rotatable bonds is 4. The average Bonchev–Trinajstić information content (AvgIpc) is 3.24. The molecule has 1 fully saturated rings. The zero-order chi connectivity index (χ0) is 24.5. The van der Waals surface area contributed by atoms with Crippen molar-refractivity contribution in [1.29, 1.82) is 0 Å². The molecule has 1 saturated heterocycles. The van der Waals surface area contributed by atoms with Crippen LogP contribution in [0.5, 0.6) is 0 Å². The summed E-state index contributed by atoms with van der Waals surface area (Å²) in [4.78, 5) is 30.7. The van der Waals surface area contributed by atoms with Gasteiger partial charge in [-0.2, -0.15) is 0 Å². The SMILES string of the molecule is CS(=O)c1nccc(-c2sc(N3CCN(C(=O)OC(C)(C)C)CC3)nc2-c2cccc(Cl)c2)n1. The summed E-state index contributed by atoms with van der Waals surface area (Å²) >= 11 is 7.76. The predicted octanol–water partition coefficient (Wildman–Crippen LogP) is 4.72. The van der Waals surface area contributed by atoms with E-state index in [1.807, 2.05) is 45.0 Å². The van der Waals surface area contributed by atoms with E-state index in [4.69, 9.17) is 21.3 Å². The highest BCUT2D eigenvalue weighted by atomic mass is 35.5. The Balaban J connectivity index is 1.64. The Bertz CT molecular complexity index is 1220. The van der Waals surface area contributed by atoms with Crippen LogP contribution in [0.3, 0.4) is 0 Å². The Kier molecular flexibility index (Phi) is 7.20. The second kappa shape index (κ2) is 9.97. The summed E-state index contributed by atoms with van der Waals surface area (Å²) in [5.74, 6) is 0. The number of thiazole rings is 1. The number of hydrogen-bond acceptors (Lipinski definition) is 8. The number of piperazine rings is 1. The molecule has 34 heavy (non-hydrogen) atoms. The molecule has 3 aromatic rings. The molecule has 8 nitrogen and oxygen atoms in total. The lowest BCUT2D eigenvalue weighted by Crippen LogP contribution is -2.50. The van der Waals surface area contributed by atoms with Crippen molar-refractivity contribution in [2.24, 2.45) is 0 Å². The van der Waals surface area contributed by atoms with Crippen molar-refractivity contribution in [2.75, 3.05) is 37.3 Å². The summed E-state index contributed by atoms with van der Waals surface area (Å²) in [6.45, 7) is 7.95. The first-order valence-corrected chi connectivity index (χ1v) is 13.5. The maximum atomic E-state index is 12.4. The molecule has 180 valence electrons. The third-order valence-electron chi connectivity index (χ3n) is 5.04. The molecule has 2 aromatic heterocycles. The zero-order valence-electron chi connectivity index (χ0n) is 19.4. The van der Waals surface area contributed by atoms with E-state index in [0.29, 0.717) is 36.9 Å². The van der Waals surface area contributed by atoms with Gasteiger partial charge in [-0.15, -0.1) is 0 Å². The first-order valence-electron chi connectivity index (χ1n) is 10.8. The minimum atomic E-state index is -1.30. The summed E-state index contributed by atoms with van der Waals surface area (Å²) < 4.78 is 17.5. The number of halogens is 1. The van der Waals surface area contributed by atoms with E-state index in [1.54, 1.807) is 23.4 Å². The largest absolute Gasteiger partial charge is 0.444 e. The fraction of sp³-hybridized carbons (Fsp3) is 0.391. The molecule has 1 unspecified atom stereocenters. The fourth-order valence-corrected chi connectivity index (χ4v) is 5.20. The van der Waals surface area contributed by atoms with Crippen LogP contribution in [0, 0.1) is 0 Å². The Hall–Kier alpha value is -2.56. The Labute approximate surface area is 210 Å². The minimum Gasteiger partial charge on any atom is -0.444 e. The molecular formula is C23H26ClN5O3S2. The number of anilines is 1. The van der Waals surface area contributed by atoms with Crippen LogP contribution in [0.25, 0.3) is 21.8 Å². The van der Waals surface area contributed by atoms with Gasteiger partial charge in [-0.3, -0.25) is 4.21 Å². The molecule has 0 radical (unpaired) electrons. The highest BCUT2D eigenvalue weighted by Gasteiger charge is 2.28. The number of carbonyl (C=O) groups excluding carboxylic acids is 1. The topological polar surface area (TPSA) is 88.5 Å². The van der Waals surface area contributed by atoms with Gasteiger partial charge in [0.25, 0.3) is 0 Å². The van der Waals surface area contributed by atoms with Gasteiger partial charge in [0.1, 0.15) is 5.60 Å². The molecule has 1 aromatic carbocycles. The molecule has 1 amide bonds. The van der Waals surface area contributed by atoms with E-state index in [0.717, 1.165) is 21.3 Å². The molecule has 0 aliphatic carbocycles. The van der Waals surface area contributed by atoms with Crippen LogP contribution in [0.4, 0.5) is 9.93 Å². The quantitative estimate of drug-likeness (QED) is 0.461. The molecule has 3 heterocycles. The number of amides is 1. The highest BCUT2D eigenvalue weighted by molar-refractivity contribution is 7.84. The summed E-state index contributed by atoms with van der Waals surface area (Å²) in [6, 6.07) is 9.31. The predicted molar refractivity (Wildman–Crippen MR) is 136 cm³/mol. The summed E-state index contributed by atoms with van der Waals surface area (Å²) in [7, 11) is -1.30. The lowest BCUT2D eigenvalue weighted by atomic mass is 10.1. The normalized spacial score (nSPS) is 15.3. The van der Waals surface area contributed by atoms with Gasteiger partial charge in [-0.1, -0.05) is 35.1 Å². The van der Waals surface area contributed by atoms with Crippen LogP contribution >= 0.6 is 22.9 Å². The van der Waals surface area contributed by atoms with Crippen molar-refractivity contribution in [3.05, 3.63) is 41.6 Å². The monoisotopic (exact) mass is 519 g/mol. The van der Waals surface area contributed by atoms with Gasteiger partial charge in [0.15, 0.2) is 5.13 Å². The molecular weight excluding hydrogens is 494 g/mol. The molecule has 0 saturated carbocycles. The second-order valence-electron chi connectivity index (χ2n) is 8.82. The van der Waals surface area contributed by atoms with Gasteiger partial charge in [0.2, 0.25) is 5.16 Å². The van der Waals surface area contributed by atoms with E-state index in [1.165, 1.54) is 11.3 Å². The number of hydrogen-bond donors (Lipinski definition) is 0. The highest BCUT2D eigenvalue weighted by Crippen LogP contribution is 2.40. The fourth-order valence-electron chi connectivity index (χ4n) is 3.46. The van der Waals surface area contributed by atoms with Crippen molar-refractivity contribution in [3.63, 3.8) is 0 Å². The van der Waals surface area contributed by atoms with Crippen LogP contribution < -0.4 is 4.90 Å². The molecule has 1 aliphatic rings. The summed E-state index contributed by atoms with van der Waals surface area (Å²) in [5.41, 5.74) is 1.76. The molecule has 11 heteroatoms. The Morgan fingerprint density at radius 1 is 1.15 bits per heavy atom. The third-order valence-corrected chi connectivity index (χ3v) is 7.12. The van der Waals surface area contributed by atoms with E-state index >= 15 is 0 Å². The van der Waals surface area contributed by atoms with Crippen molar-refractivity contribution < 1.29 is 13.7 Å². The van der Waals surface area contributed by atoms with Gasteiger partial charge in [0.05, 0.1) is 27.1 Å². The number of benzene rings is 1. The van der Waals surface area contributed by atoms with Gasteiger partial charge in [-0.05, 0) is 39.0 Å². The molecule has 1 atom stereocenters. The second-order valence-corrected chi connectivity index (χ2v) is 11.5. The molecule has 0 spiro atoms. The smallest absolute Gasteiger partial charge is 0.410 e. The maximum Gasteiger partial charge on any atom is 0.410 e. The number of aromatic nitrogens is 3. The lowest BCUT2D eigenvalue weighted by Gasteiger charge is -2.35. The average molecular weight is 520 g/mol. The van der Waals surface area contributed by atoms with Gasteiger partial charge < -0.3 is 14.5 Å². The van der Waals surface area contributed by atoms with E-state index in [2.05, 4.69) is 14.9 Å². The van der Waals surface area contributed by atoms with Gasteiger partial charge >= 0.3 is 6.09 Å². The van der Waals surface area contributed by atoms with Gasteiger partial charge in [-0.25, -0.2) is 19.7 Å². The van der Waals surface area contributed by atoms with Crippen molar-refractivity contribution in [3.8, 4) is 21.8 Å². The van der Waals surface area contributed by atoms with Crippen LogP contribution in [0.1, 0.15) is 20.8 Å². The number of ether oxygens (including phenoxy) is 1. The van der Waals surface area contributed by atoms with Crippen molar-refractivity contribution in [1.82, 2.24) is 19.9 Å². The van der Waals surface area contributed by atoms with Crippen LogP contribution in [0.15, 0.2) is 41.7 Å². The zero-order valence-corrected chi connectivity index (χ0v) is 21.8. The molecule has 4 rings (SSSR count). The van der Waals surface area contributed by atoms with E-state index < -0.39 is 16.4 Å². The van der Waals surface area contributed by atoms with E-state index in [9.17, 15) is 9.00 Å². The molecule has 0 bridgehead atoms. The Morgan fingerprint density at radius 3 is 2.53 bits per heavy atom. The first kappa shape index (κ1) is 24.6. The van der Waals surface area contributed by atoms with Crippen LogP contribution in [-0.4, -0.2) is 68.2 Å². The van der Waals surface area contributed by atoms with Gasteiger partial charge in [0, 0.05) is 49.2 Å². The summed E-state index contributed by atoms with van der Waals surface area (Å²) in [6.07, 6.45) is 2.87. The standard InChI is InChI=1S/C23H26ClN5O3S2/c1-23(2,3)32-22(30)29-12-10-28(11-13-29)21-27-18(15-6-5-7-16(24)14-15)19(33-21)17-8-9-25-20(26-17)34(4)31/h5-9,14H,10-13H2,1-4H3. The molecule has 0 N–H and O–H groups in total. The Morgan fingerprint density at radius 2 is 1.88 bits per heavy atom. The lowest BCUT2D eigenvalue weighted by molar-refractivity contribution is 0.0240. The van der Waals surface area contributed by atoms with Crippen LogP contribution in [0.2, 0.25) is 5.02 Å². The van der Waals surface area contributed by atoms with Crippen molar-refractivity contribution >= 4 is 45.0 Å². The first-order chi connectivity index (χ1) is 16.1. The van der Waals surface area contributed by atoms with Crippen molar-refractivity contribution in [2.45, 2.75) is 31.5 Å². The van der Waals surface area contributed by atoms with E-state index in [-0.39, 0.29) is 11.2 Å². The third kappa shape index (κ3) is 5.73. The minimum absolute atomic E-state index is 0.274. The number of carbonyl (C=O) groups is 1. The number of nitrogens with zero attached hydrogens (tertiary/aromatic N) is 5. The van der Waals surface area contributed by atoms with Crippen LogP contribution in [-0.2, 0) is 15.5 Å². The summed E-state index contributed by atoms with van der Waals surface area (Å²) in [5, 5.41) is 1.71. The maximum absolute atomic E-state index is 12.4. The molecule has 1 aliphatic heterocycles.